The van der Waals surface area contributed by atoms with Crippen LogP contribution in [0.5, 0.6) is 11.8 Å². The van der Waals surface area contributed by atoms with Gasteiger partial charge in [0.25, 0.3) is 0 Å². The van der Waals surface area contributed by atoms with Gasteiger partial charge in [-0.3, -0.25) is 0 Å². The van der Waals surface area contributed by atoms with E-state index in [0.717, 1.165) is 31.7 Å². The molecule has 5 aliphatic rings. The van der Waals surface area contributed by atoms with E-state index < -0.39 is 28.8 Å². The minimum atomic E-state index is -4.87. The molecule has 2 saturated carbocycles. The Morgan fingerprint density at radius 3 is 2.67 bits per heavy atom. The summed E-state index contributed by atoms with van der Waals surface area (Å²) >= 11 is 6.81. The van der Waals surface area contributed by atoms with Gasteiger partial charge in [0.15, 0.2) is 11.6 Å². The van der Waals surface area contributed by atoms with E-state index in [4.69, 9.17) is 36.5 Å². The number of nitrogens with one attached hydrogen (secondary N) is 1. The summed E-state index contributed by atoms with van der Waals surface area (Å²) in [4.78, 5) is 15.2. The monoisotopic (exact) mass is 622 g/mol. The van der Waals surface area contributed by atoms with Gasteiger partial charge in [-0.2, -0.15) is 23.1 Å². The Morgan fingerprint density at radius 2 is 2.02 bits per heavy atom. The first-order valence-electron chi connectivity index (χ1n) is 14.4. The van der Waals surface area contributed by atoms with E-state index in [1.165, 1.54) is 6.92 Å². The molecule has 0 radical (unpaired) electrons. The summed E-state index contributed by atoms with van der Waals surface area (Å²) in [5.41, 5.74) is 2.80. The van der Waals surface area contributed by atoms with Gasteiger partial charge in [-0.15, -0.1) is 0 Å². The van der Waals surface area contributed by atoms with Gasteiger partial charge in [-0.25, -0.2) is 9.37 Å². The number of aryl methyl sites for hydroxylation is 1. The molecule has 2 aromatic heterocycles. The molecule has 2 aliphatic carbocycles. The second-order valence-electron chi connectivity index (χ2n) is 12.1. The Balaban J connectivity index is 1.47. The third-order valence-electron chi connectivity index (χ3n) is 9.25. The minimum Gasteiger partial charge on any atom is -0.491 e. The number of nitrogens with zero attached hydrogens (tertiary/aromatic N) is 4. The Labute approximate surface area is 250 Å². The summed E-state index contributed by atoms with van der Waals surface area (Å²) in [5.74, 6) is -0.807. The van der Waals surface area contributed by atoms with E-state index in [-0.39, 0.29) is 75.8 Å². The van der Waals surface area contributed by atoms with Crippen molar-refractivity contribution >= 4 is 34.1 Å². The lowest BCUT2D eigenvalue weighted by Gasteiger charge is -2.46. The molecule has 2 saturated heterocycles. The Hall–Kier alpha value is -3.16. The van der Waals surface area contributed by atoms with Crippen molar-refractivity contribution in [1.29, 1.82) is 0 Å². The van der Waals surface area contributed by atoms with Crippen LogP contribution in [0.4, 0.5) is 29.2 Å². The maximum Gasteiger partial charge on any atom is 0.418 e. The molecule has 5 heterocycles. The van der Waals surface area contributed by atoms with E-state index in [9.17, 15) is 13.2 Å². The van der Waals surface area contributed by atoms with E-state index >= 15 is 4.39 Å². The van der Waals surface area contributed by atoms with Gasteiger partial charge < -0.3 is 30.2 Å². The first-order chi connectivity index (χ1) is 20.5. The molecule has 8 rings (SSSR count). The molecule has 3 N–H and O–H groups in total. The number of anilines is 2. The van der Waals surface area contributed by atoms with Crippen molar-refractivity contribution in [3.63, 3.8) is 0 Å². The number of benzene rings is 1. The molecular weight excluding hydrogens is 592 g/mol. The second-order valence-corrected chi connectivity index (χ2v) is 12.5. The maximum absolute atomic E-state index is 16.8. The largest absolute Gasteiger partial charge is 0.491 e. The van der Waals surface area contributed by atoms with Gasteiger partial charge in [0, 0.05) is 30.5 Å². The van der Waals surface area contributed by atoms with Gasteiger partial charge in [-0.05, 0) is 51.3 Å². The summed E-state index contributed by atoms with van der Waals surface area (Å²) in [6.45, 7) is 3.47. The zero-order valence-corrected chi connectivity index (χ0v) is 24.4. The molecule has 43 heavy (non-hydrogen) atoms. The zero-order chi connectivity index (χ0) is 30.3. The Kier molecular flexibility index (Phi) is 6.78. The van der Waals surface area contributed by atoms with E-state index in [2.05, 4.69) is 20.2 Å². The number of nitrogens with two attached hydrogens (primary N) is 1. The highest BCUT2D eigenvalue weighted by Crippen LogP contribution is 2.53. The number of ether oxygens (including phenoxy) is 3. The number of rotatable bonds is 7. The van der Waals surface area contributed by atoms with Crippen molar-refractivity contribution in [3.8, 4) is 23.0 Å². The smallest absolute Gasteiger partial charge is 0.418 e. The number of hydrogen-bond acceptors (Lipinski definition) is 9. The molecule has 9 nitrogen and oxygen atoms in total. The summed E-state index contributed by atoms with van der Waals surface area (Å²) in [6, 6.07) is 1.08. The van der Waals surface area contributed by atoms with Crippen LogP contribution in [0, 0.1) is 24.1 Å². The lowest BCUT2D eigenvalue weighted by atomic mass is 9.71. The minimum absolute atomic E-state index is 0.00838. The van der Waals surface area contributed by atoms with Crippen LogP contribution in [0.15, 0.2) is 6.07 Å². The quantitative estimate of drug-likeness (QED) is 0.346. The number of hydrogen-bond donors (Lipinski definition) is 2. The van der Waals surface area contributed by atoms with Crippen LogP contribution in [0.1, 0.15) is 36.8 Å². The molecule has 14 heteroatoms. The van der Waals surface area contributed by atoms with Crippen molar-refractivity contribution in [2.45, 2.75) is 50.9 Å². The predicted octanol–water partition coefficient (Wildman–Crippen LogP) is 5.15. The molecule has 0 amide bonds. The number of fused-ring (bicyclic) bond motifs is 2. The van der Waals surface area contributed by atoms with Gasteiger partial charge in [0.1, 0.15) is 17.2 Å². The first-order valence-corrected chi connectivity index (χ1v) is 14.7. The second kappa shape index (κ2) is 10.2. The summed E-state index contributed by atoms with van der Waals surface area (Å²) in [7, 11) is 1.83. The number of aromatic nitrogens is 3. The average molecular weight is 623 g/mol. The van der Waals surface area contributed by atoms with Crippen molar-refractivity contribution in [1.82, 2.24) is 20.3 Å². The highest BCUT2D eigenvalue weighted by atomic mass is 35.5. The van der Waals surface area contributed by atoms with Crippen LogP contribution in [0.25, 0.3) is 22.2 Å². The summed E-state index contributed by atoms with van der Waals surface area (Å²) < 4.78 is 77.9. The highest BCUT2D eigenvalue weighted by molar-refractivity contribution is 6.36. The van der Waals surface area contributed by atoms with Crippen LogP contribution in [-0.4, -0.2) is 67.1 Å². The SMILES string of the molecule is CNCCN1c2nc(OCC34COC(C3)C4)nc3c(F)c(-c4nc(N)cc(C)c4C(F)(F)F)c(Cl)c(c23)OCC2CCC21. The van der Waals surface area contributed by atoms with Crippen LogP contribution < -0.4 is 25.4 Å². The number of halogens is 5. The van der Waals surface area contributed by atoms with Crippen LogP contribution >= 0.6 is 11.6 Å². The maximum atomic E-state index is 16.8. The van der Waals surface area contributed by atoms with E-state index in [0.29, 0.717) is 25.5 Å². The molecule has 2 bridgehead atoms. The third-order valence-corrected chi connectivity index (χ3v) is 9.61. The van der Waals surface area contributed by atoms with Gasteiger partial charge >= 0.3 is 12.2 Å². The normalized spacial score (nSPS) is 25.8. The van der Waals surface area contributed by atoms with Gasteiger partial charge in [0.05, 0.1) is 53.2 Å². The van der Waals surface area contributed by atoms with Crippen molar-refractivity contribution in [3.05, 3.63) is 28.0 Å². The van der Waals surface area contributed by atoms with E-state index in [1.807, 2.05) is 7.05 Å². The molecule has 1 aromatic carbocycles. The summed E-state index contributed by atoms with van der Waals surface area (Å²) in [6.07, 6.45) is -1.16. The zero-order valence-electron chi connectivity index (χ0n) is 23.7. The van der Waals surface area contributed by atoms with E-state index in [1.54, 1.807) is 0 Å². The molecule has 2 atom stereocenters. The van der Waals surface area contributed by atoms with Crippen LogP contribution in [-0.2, 0) is 10.9 Å². The lowest BCUT2D eigenvalue weighted by Crippen LogP contribution is -2.52. The Bertz CT molecular complexity index is 1610. The fraction of sp³-hybridized carbons (Fsp3) is 0.552. The molecule has 230 valence electrons. The standard InChI is InChI=1S/C29H31ClF4N6O3/c1-13-7-17(35)37-23(20(13)29(32,33)34)18-21(30)25-19-24(22(18)31)38-27(43-12-28-8-15(9-28)42-11-28)39-26(19)40(6-5-36-2)16-4-3-14(16)10-41-25/h7,14-16,36H,3-6,8-12H2,1-2H3,(H2,35,37). The topological polar surface area (TPSA) is 108 Å². The molecule has 4 fully saturated rings. The fourth-order valence-electron chi connectivity index (χ4n) is 6.91. The Morgan fingerprint density at radius 1 is 1.23 bits per heavy atom. The van der Waals surface area contributed by atoms with Crippen molar-refractivity contribution in [2.24, 2.45) is 11.3 Å². The third kappa shape index (κ3) is 4.62. The number of alkyl halides is 3. The average Bonchev–Trinajstić information content (AvgIpc) is 3.50. The van der Waals surface area contributed by atoms with Crippen LogP contribution in [0.3, 0.4) is 0 Å². The molecule has 2 unspecified atom stereocenters. The molecule has 0 spiro atoms. The fourth-order valence-corrected chi connectivity index (χ4v) is 7.23. The van der Waals surface area contributed by atoms with Gasteiger partial charge in [0.2, 0.25) is 0 Å². The first kappa shape index (κ1) is 28.6. The highest BCUT2D eigenvalue weighted by Gasteiger charge is 2.52. The predicted molar refractivity (Wildman–Crippen MR) is 152 cm³/mol. The van der Waals surface area contributed by atoms with Crippen LogP contribution in [0.2, 0.25) is 5.02 Å². The lowest BCUT2D eigenvalue weighted by molar-refractivity contribution is -0.137. The van der Waals surface area contributed by atoms with Crippen molar-refractivity contribution < 1.29 is 31.8 Å². The number of likely N-dealkylation sites (N-methyl/N-ethyl adjacent to an activating group) is 1. The number of nitrogen functional groups attached to an aromatic ring is 1. The number of pyridine rings is 1. The van der Waals surface area contributed by atoms with Crippen molar-refractivity contribution in [2.75, 3.05) is 50.6 Å². The summed E-state index contributed by atoms with van der Waals surface area (Å²) in [5, 5.41) is 2.98. The van der Waals surface area contributed by atoms with Gasteiger partial charge in [-0.1, -0.05) is 11.6 Å². The molecule has 3 aromatic rings. The molecule has 3 aliphatic heterocycles. The molecular formula is C29H31ClF4N6O3.